The lowest BCUT2D eigenvalue weighted by molar-refractivity contribution is -0.122. The molecule has 1 aromatic heterocycles. The van der Waals surface area contributed by atoms with Gasteiger partial charge in [0, 0.05) is 12.4 Å². The first-order valence-corrected chi connectivity index (χ1v) is 8.42. The van der Waals surface area contributed by atoms with Crippen LogP contribution < -0.4 is 4.90 Å². The summed E-state index contributed by atoms with van der Waals surface area (Å²) in [4.78, 5) is 23.7. The SMILES string of the molecule is CC1(C(=O)N(c2ccccc2)c2ncccn2)CC1c1ccccc1. The van der Waals surface area contributed by atoms with E-state index in [0.29, 0.717) is 5.95 Å². The Hall–Kier alpha value is -3.01. The predicted molar refractivity (Wildman–Crippen MR) is 97.5 cm³/mol. The second kappa shape index (κ2) is 6.13. The van der Waals surface area contributed by atoms with Crippen LogP contribution in [-0.4, -0.2) is 15.9 Å². The molecule has 2 unspecified atom stereocenters. The monoisotopic (exact) mass is 329 g/mol. The fraction of sp³-hybridized carbons (Fsp3) is 0.190. The Morgan fingerprint density at radius 1 is 0.960 bits per heavy atom. The van der Waals surface area contributed by atoms with Crippen molar-refractivity contribution in [2.45, 2.75) is 19.3 Å². The third-order valence-corrected chi connectivity index (χ3v) is 4.90. The number of rotatable bonds is 4. The molecule has 1 aliphatic carbocycles. The summed E-state index contributed by atoms with van der Waals surface area (Å²) in [6.45, 7) is 2.03. The smallest absolute Gasteiger partial charge is 0.240 e. The van der Waals surface area contributed by atoms with E-state index in [-0.39, 0.29) is 11.8 Å². The molecule has 0 radical (unpaired) electrons. The summed E-state index contributed by atoms with van der Waals surface area (Å²) >= 11 is 0. The fourth-order valence-corrected chi connectivity index (χ4v) is 3.34. The third-order valence-electron chi connectivity index (χ3n) is 4.90. The summed E-state index contributed by atoms with van der Waals surface area (Å²) < 4.78 is 0. The summed E-state index contributed by atoms with van der Waals surface area (Å²) in [7, 11) is 0. The molecular weight excluding hydrogens is 310 g/mol. The van der Waals surface area contributed by atoms with Gasteiger partial charge in [-0.3, -0.25) is 4.79 Å². The molecule has 1 aliphatic rings. The van der Waals surface area contributed by atoms with Gasteiger partial charge in [0.25, 0.3) is 0 Å². The van der Waals surface area contributed by atoms with Crippen LogP contribution >= 0.6 is 0 Å². The molecule has 4 nitrogen and oxygen atoms in total. The summed E-state index contributed by atoms with van der Waals surface area (Å²) in [6.07, 6.45) is 4.16. The Bertz CT molecular complexity index is 828. The molecule has 1 saturated carbocycles. The van der Waals surface area contributed by atoms with Crippen molar-refractivity contribution in [3.05, 3.63) is 84.7 Å². The van der Waals surface area contributed by atoms with Crippen molar-refractivity contribution in [3.63, 3.8) is 0 Å². The number of carbonyl (C=O) groups is 1. The maximum atomic E-state index is 13.5. The van der Waals surface area contributed by atoms with Gasteiger partial charge < -0.3 is 0 Å². The van der Waals surface area contributed by atoms with E-state index in [0.717, 1.165) is 12.1 Å². The van der Waals surface area contributed by atoms with Crippen LogP contribution in [0.15, 0.2) is 79.1 Å². The second-order valence-corrected chi connectivity index (χ2v) is 6.61. The Morgan fingerprint density at radius 2 is 1.56 bits per heavy atom. The van der Waals surface area contributed by atoms with Gasteiger partial charge in [-0.2, -0.15) is 0 Å². The van der Waals surface area contributed by atoms with E-state index in [2.05, 4.69) is 22.1 Å². The molecule has 25 heavy (non-hydrogen) atoms. The van der Waals surface area contributed by atoms with Gasteiger partial charge in [-0.1, -0.05) is 55.5 Å². The fourth-order valence-electron chi connectivity index (χ4n) is 3.34. The molecule has 3 aromatic rings. The molecule has 124 valence electrons. The molecule has 2 aromatic carbocycles. The number of hydrogen-bond donors (Lipinski definition) is 0. The first-order chi connectivity index (χ1) is 12.2. The zero-order valence-corrected chi connectivity index (χ0v) is 14.0. The lowest BCUT2D eigenvalue weighted by atomic mass is 9.99. The van der Waals surface area contributed by atoms with E-state index in [1.54, 1.807) is 23.4 Å². The molecule has 4 heteroatoms. The van der Waals surface area contributed by atoms with Crippen LogP contribution in [0.5, 0.6) is 0 Å². The predicted octanol–water partition coefficient (Wildman–Crippen LogP) is 4.34. The van der Waals surface area contributed by atoms with E-state index in [4.69, 9.17) is 0 Å². The van der Waals surface area contributed by atoms with Gasteiger partial charge in [0.1, 0.15) is 0 Å². The number of aromatic nitrogens is 2. The van der Waals surface area contributed by atoms with Crippen LogP contribution in [0.1, 0.15) is 24.8 Å². The van der Waals surface area contributed by atoms with Crippen molar-refractivity contribution in [2.75, 3.05) is 4.90 Å². The average molecular weight is 329 g/mol. The van der Waals surface area contributed by atoms with Crippen LogP contribution in [0, 0.1) is 5.41 Å². The molecule has 0 bridgehead atoms. The van der Waals surface area contributed by atoms with Crippen LogP contribution in [-0.2, 0) is 4.79 Å². The van der Waals surface area contributed by atoms with Crippen LogP contribution in [0.2, 0.25) is 0 Å². The molecule has 2 atom stereocenters. The first kappa shape index (κ1) is 15.5. The average Bonchev–Trinajstić information content (AvgIpc) is 3.38. The zero-order chi connectivity index (χ0) is 17.3. The minimum atomic E-state index is -0.434. The highest BCUT2D eigenvalue weighted by atomic mass is 16.2. The largest absolute Gasteiger partial charge is 0.273 e. The van der Waals surface area contributed by atoms with Gasteiger partial charge in [0.15, 0.2) is 0 Å². The number of benzene rings is 2. The highest BCUT2D eigenvalue weighted by Crippen LogP contribution is 2.60. The van der Waals surface area contributed by atoms with Gasteiger partial charge >= 0.3 is 0 Å². The second-order valence-electron chi connectivity index (χ2n) is 6.61. The van der Waals surface area contributed by atoms with Gasteiger partial charge in [0.05, 0.1) is 11.1 Å². The molecule has 0 N–H and O–H groups in total. The van der Waals surface area contributed by atoms with Crippen molar-refractivity contribution in [1.29, 1.82) is 0 Å². The van der Waals surface area contributed by atoms with Gasteiger partial charge in [-0.05, 0) is 36.1 Å². The van der Waals surface area contributed by atoms with E-state index in [9.17, 15) is 4.79 Å². The summed E-state index contributed by atoms with van der Waals surface area (Å²) in [5.41, 5.74) is 1.56. The molecule has 4 rings (SSSR count). The molecule has 1 heterocycles. The van der Waals surface area contributed by atoms with Crippen molar-refractivity contribution < 1.29 is 4.79 Å². The lowest BCUT2D eigenvalue weighted by Crippen LogP contribution is -2.34. The Labute approximate surface area is 147 Å². The summed E-state index contributed by atoms with van der Waals surface area (Å²) in [5.74, 6) is 0.688. The van der Waals surface area contributed by atoms with Gasteiger partial charge in [-0.15, -0.1) is 0 Å². The van der Waals surface area contributed by atoms with Gasteiger partial charge in [-0.25, -0.2) is 14.9 Å². The van der Waals surface area contributed by atoms with Crippen molar-refractivity contribution in [2.24, 2.45) is 5.41 Å². The van der Waals surface area contributed by atoms with Gasteiger partial charge in [0.2, 0.25) is 11.9 Å². The molecule has 0 saturated heterocycles. The van der Waals surface area contributed by atoms with E-state index in [1.165, 1.54) is 5.56 Å². The standard InChI is InChI=1S/C21H19N3O/c1-21(15-18(21)16-9-4-2-5-10-16)19(25)24(17-11-6-3-7-12-17)20-22-13-8-14-23-20/h2-14,18H,15H2,1H3. The maximum Gasteiger partial charge on any atom is 0.240 e. The van der Waals surface area contributed by atoms with E-state index >= 15 is 0 Å². The number of nitrogens with zero attached hydrogens (tertiary/aromatic N) is 3. The zero-order valence-electron chi connectivity index (χ0n) is 14.0. The number of anilines is 2. The van der Waals surface area contributed by atoms with E-state index in [1.807, 2.05) is 55.5 Å². The summed E-state index contributed by atoms with van der Waals surface area (Å²) in [6, 6.07) is 21.6. The normalized spacial score (nSPS) is 21.6. The molecule has 0 spiro atoms. The minimum Gasteiger partial charge on any atom is -0.273 e. The Morgan fingerprint density at radius 3 is 2.20 bits per heavy atom. The molecule has 1 amide bonds. The minimum absolute atomic E-state index is 0.0405. The third kappa shape index (κ3) is 2.80. The lowest BCUT2D eigenvalue weighted by Gasteiger charge is -2.24. The number of amides is 1. The highest BCUT2D eigenvalue weighted by molar-refractivity contribution is 6.04. The number of hydrogen-bond acceptors (Lipinski definition) is 3. The van der Waals surface area contributed by atoms with E-state index < -0.39 is 5.41 Å². The van der Waals surface area contributed by atoms with Crippen molar-refractivity contribution in [3.8, 4) is 0 Å². The Balaban J connectivity index is 1.70. The quantitative estimate of drug-likeness (QED) is 0.715. The number of carbonyl (C=O) groups excluding carboxylic acids is 1. The molecule has 1 fully saturated rings. The van der Waals surface area contributed by atoms with Crippen LogP contribution in [0.25, 0.3) is 0 Å². The highest BCUT2D eigenvalue weighted by Gasteiger charge is 2.58. The summed E-state index contributed by atoms with van der Waals surface area (Å²) in [5, 5.41) is 0. The molecule has 0 aliphatic heterocycles. The van der Waals surface area contributed by atoms with Crippen molar-refractivity contribution in [1.82, 2.24) is 9.97 Å². The number of para-hydroxylation sites is 1. The topological polar surface area (TPSA) is 46.1 Å². The van der Waals surface area contributed by atoms with Crippen LogP contribution in [0.4, 0.5) is 11.6 Å². The Kier molecular flexibility index (Phi) is 3.80. The maximum absolute atomic E-state index is 13.5. The van der Waals surface area contributed by atoms with Crippen molar-refractivity contribution >= 4 is 17.5 Å². The molecular formula is C21H19N3O. The van der Waals surface area contributed by atoms with Crippen LogP contribution in [0.3, 0.4) is 0 Å². The first-order valence-electron chi connectivity index (χ1n) is 8.42.